The predicted octanol–water partition coefficient (Wildman–Crippen LogP) is 2.72. The first-order valence-corrected chi connectivity index (χ1v) is 7.28. The van der Waals surface area contributed by atoms with E-state index in [0.717, 1.165) is 47.3 Å². The van der Waals surface area contributed by atoms with E-state index in [1.165, 1.54) is 11.3 Å². The highest BCUT2D eigenvalue weighted by molar-refractivity contribution is 7.14. The zero-order valence-corrected chi connectivity index (χ0v) is 11.5. The molecule has 1 fully saturated rings. The Morgan fingerprint density at radius 2 is 2.39 bits per heavy atom. The molecule has 0 amide bonds. The van der Waals surface area contributed by atoms with Crippen molar-refractivity contribution in [2.45, 2.75) is 18.9 Å². The number of thiophene rings is 1. The zero-order chi connectivity index (χ0) is 12.5. The normalized spacial score (nSPS) is 20.3. The average Bonchev–Trinajstić information content (AvgIpc) is 2.97. The number of aromatic amines is 1. The van der Waals surface area contributed by atoms with Crippen LogP contribution in [0.5, 0.6) is 0 Å². The first kappa shape index (κ1) is 12.0. The summed E-state index contributed by atoms with van der Waals surface area (Å²) in [5.41, 5.74) is 8.08. The molecule has 0 bridgehead atoms. The largest absolute Gasteiger partial charge is 0.354 e. The Morgan fingerprint density at radius 3 is 3.11 bits per heavy atom. The van der Waals surface area contributed by atoms with E-state index in [0.29, 0.717) is 0 Å². The van der Waals surface area contributed by atoms with Gasteiger partial charge in [-0.1, -0.05) is 11.6 Å². The number of nitrogens with two attached hydrogens (primary N) is 1. The van der Waals surface area contributed by atoms with Crippen LogP contribution in [0.15, 0.2) is 17.5 Å². The lowest BCUT2D eigenvalue weighted by atomic mass is 10.1. The van der Waals surface area contributed by atoms with Gasteiger partial charge in [-0.3, -0.25) is 5.10 Å². The molecule has 0 aliphatic carbocycles. The number of anilines is 1. The van der Waals surface area contributed by atoms with Crippen LogP contribution in [-0.4, -0.2) is 29.3 Å². The molecule has 1 unspecified atom stereocenters. The molecule has 3 rings (SSSR count). The van der Waals surface area contributed by atoms with Crippen molar-refractivity contribution in [1.82, 2.24) is 10.2 Å². The van der Waals surface area contributed by atoms with Crippen LogP contribution in [0, 0.1) is 0 Å². The Balaban J connectivity index is 1.80. The Hall–Kier alpha value is -1.04. The molecule has 6 heteroatoms. The van der Waals surface area contributed by atoms with Crippen molar-refractivity contribution in [2.24, 2.45) is 5.73 Å². The number of halogens is 1. The van der Waals surface area contributed by atoms with E-state index in [-0.39, 0.29) is 6.04 Å². The van der Waals surface area contributed by atoms with Gasteiger partial charge in [0.2, 0.25) is 0 Å². The van der Waals surface area contributed by atoms with Gasteiger partial charge in [-0.15, -0.1) is 11.3 Å². The van der Waals surface area contributed by atoms with E-state index in [4.69, 9.17) is 17.3 Å². The number of hydrogen-bond acceptors (Lipinski definition) is 4. The SMILES string of the molecule is NC1CCCN(c2cc(-c3csc(Cl)c3)[nH]n2)C1. The van der Waals surface area contributed by atoms with Crippen molar-refractivity contribution in [3.05, 3.63) is 21.8 Å². The van der Waals surface area contributed by atoms with Crippen molar-refractivity contribution < 1.29 is 0 Å². The monoisotopic (exact) mass is 282 g/mol. The minimum atomic E-state index is 0.259. The zero-order valence-electron chi connectivity index (χ0n) is 9.90. The maximum Gasteiger partial charge on any atom is 0.151 e. The number of hydrogen-bond donors (Lipinski definition) is 2. The molecule has 0 aromatic carbocycles. The summed E-state index contributed by atoms with van der Waals surface area (Å²) in [5, 5.41) is 9.46. The fourth-order valence-electron chi connectivity index (χ4n) is 2.29. The van der Waals surface area contributed by atoms with Gasteiger partial charge in [0.15, 0.2) is 5.82 Å². The van der Waals surface area contributed by atoms with Crippen LogP contribution >= 0.6 is 22.9 Å². The van der Waals surface area contributed by atoms with Gasteiger partial charge in [-0.2, -0.15) is 5.10 Å². The highest BCUT2D eigenvalue weighted by Crippen LogP contribution is 2.29. The fourth-order valence-corrected chi connectivity index (χ4v) is 3.17. The highest BCUT2D eigenvalue weighted by Gasteiger charge is 2.19. The molecular formula is C12H15ClN4S. The van der Waals surface area contributed by atoms with Crippen molar-refractivity contribution in [1.29, 1.82) is 0 Å². The fraction of sp³-hybridized carbons (Fsp3) is 0.417. The van der Waals surface area contributed by atoms with Gasteiger partial charge in [-0.25, -0.2) is 0 Å². The molecule has 3 N–H and O–H groups in total. The van der Waals surface area contributed by atoms with Crippen LogP contribution in [0.1, 0.15) is 12.8 Å². The number of piperidine rings is 1. The molecule has 1 saturated heterocycles. The van der Waals surface area contributed by atoms with Crippen LogP contribution in [0.2, 0.25) is 4.34 Å². The number of rotatable bonds is 2. The van der Waals surface area contributed by atoms with Crippen LogP contribution in [0.25, 0.3) is 11.3 Å². The van der Waals surface area contributed by atoms with E-state index in [1.807, 2.05) is 11.4 Å². The third-order valence-electron chi connectivity index (χ3n) is 3.22. The molecular weight excluding hydrogens is 268 g/mol. The van der Waals surface area contributed by atoms with Crippen LogP contribution < -0.4 is 10.6 Å². The van der Waals surface area contributed by atoms with Crippen LogP contribution in [-0.2, 0) is 0 Å². The third kappa shape index (κ3) is 2.39. The van der Waals surface area contributed by atoms with Crippen molar-refractivity contribution in [2.75, 3.05) is 18.0 Å². The molecule has 2 aromatic heterocycles. The maximum absolute atomic E-state index is 5.99. The molecule has 0 saturated carbocycles. The summed E-state index contributed by atoms with van der Waals surface area (Å²) < 4.78 is 0.793. The molecule has 3 heterocycles. The highest BCUT2D eigenvalue weighted by atomic mass is 35.5. The molecule has 4 nitrogen and oxygen atoms in total. The summed E-state index contributed by atoms with van der Waals surface area (Å²) in [6.45, 7) is 1.91. The van der Waals surface area contributed by atoms with Gasteiger partial charge in [0.05, 0.1) is 10.0 Å². The minimum Gasteiger partial charge on any atom is -0.354 e. The molecule has 96 valence electrons. The lowest BCUT2D eigenvalue weighted by Gasteiger charge is -2.30. The van der Waals surface area contributed by atoms with E-state index < -0.39 is 0 Å². The quantitative estimate of drug-likeness (QED) is 0.890. The van der Waals surface area contributed by atoms with Crippen molar-refractivity contribution >= 4 is 28.8 Å². The first-order valence-electron chi connectivity index (χ1n) is 6.03. The molecule has 2 aromatic rings. The third-order valence-corrected chi connectivity index (χ3v) is 4.32. The van der Waals surface area contributed by atoms with Crippen molar-refractivity contribution in [3.8, 4) is 11.3 Å². The van der Waals surface area contributed by atoms with E-state index in [1.54, 1.807) is 0 Å². The second-order valence-electron chi connectivity index (χ2n) is 4.63. The van der Waals surface area contributed by atoms with Gasteiger partial charge in [0.1, 0.15) is 0 Å². The number of aromatic nitrogens is 2. The number of nitrogens with one attached hydrogen (secondary N) is 1. The smallest absolute Gasteiger partial charge is 0.151 e. The second kappa shape index (κ2) is 4.91. The summed E-state index contributed by atoms with van der Waals surface area (Å²) in [4.78, 5) is 2.24. The summed E-state index contributed by atoms with van der Waals surface area (Å²) in [6.07, 6.45) is 2.24. The minimum absolute atomic E-state index is 0.259. The Kier molecular flexibility index (Phi) is 3.28. The topological polar surface area (TPSA) is 57.9 Å². The van der Waals surface area contributed by atoms with Gasteiger partial charge in [0, 0.05) is 36.1 Å². The summed E-state index contributed by atoms with van der Waals surface area (Å²) in [5.74, 6) is 0.975. The summed E-state index contributed by atoms with van der Waals surface area (Å²) in [7, 11) is 0. The summed E-state index contributed by atoms with van der Waals surface area (Å²) in [6, 6.07) is 4.27. The molecule has 1 atom stereocenters. The van der Waals surface area contributed by atoms with Gasteiger partial charge < -0.3 is 10.6 Å². The lowest BCUT2D eigenvalue weighted by molar-refractivity contribution is 0.503. The molecule has 1 aliphatic heterocycles. The molecule has 18 heavy (non-hydrogen) atoms. The van der Waals surface area contributed by atoms with E-state index in [2.05, 4.69) is 21.2 Å². The Bertz CT molecular complexity index is 536. The number of nitrogens with zero attached hydrogens (tertiary/aromatic N) is 2. The molecule has 0 spiro atoms. The number of H-pyrrole nitrogens is 1. The molecule has 0 radical (unpaired) electrons. The van der Waals surface area contributed by atoms with Crippen molar-refractivity contribution in [3.63, 3.8) is 0 Å². The average molecular weight is 283 g/mol. The van der Waals surface area contributed by atoms with Gasteiger partial charge in [-0.05, 0) is 18.9 Å². The maximum atomic E-state index is 5.99. The van der Waals surface area contributed by atoms with E-state index >= 15 is 0 Å². The first-order chi connectivity index (χ1) is 8.72. The van der Waals surface area contributed by atoms with Gasteiger partial charge in [0.25, 0.3) is 0 Å². The molecule has 1 aliphatic rings. The van der Waals surface area contributed by atoms with E-state index in [9.17, 15) is 0 Å². The predicted molar refractivity (Wildman–Crippen MR) is 76.3 cm³/mol. The Morgan fingerprint density at radius 1 is 1.50 bits per heavy atom. The van der Waals surface area contributed by atoms with Crippen LogP contribution in [0.4, 0.5) is 5.82 Å². The van der Waals surface area contributed by atoms with Crippen LogP contribution in [0.3, 0.4) is 0 Å². The van der Waals surface area contributed by atoms with Gasteiger partial charge >= 0.3 is 0 Å². The Labute approximate surface area is 115 Å². The summed E-state index contributed by atoms with van der Waals surface area (Å²) >= 11 is 7.47. The second-order valence-corrected chi connectivity index (χ2v) is 6.17. The lowest BCUT2D eigenvalue weighted by Crippen LogP contribution is -2.43. The standard InChI is InChI=1S/C12H15ClN4S/c13-11-4-8(7-18-11)10-5-12(16-15-10)17-3-1-2-9(14)6-17/h4-5,7,9H,1-3,6,14H2,(H,15,16).